The summed E-state index contributed by atoms with van der Waals surface area (Å²) < 4.78 is 0. The zero-order valence-corrected chi connectivity index (χ0v) is 6.28. The molecule has 3 heteroatoms. The molecule has 0 aliphatic carbocycles. The van der Waals surface area contributed by atoms with E-state index in [1.54, 1.807) is 0 Å². The molecule has 0 spiro atoms. The lowest BCUT2D eigenvalue weighted by atomic mass is 10.2. The van der Waals surface area contributed by atoms with Crippen molar-refractivity contribution in [3.63, 3.8) is 0 Å². The second-order valence-corrected chi connectivity index (χ2v) is 2.62. The highest BCUT2D eigenvalue weighted by Crippen LogP contribution is 1.89. The predicted molar refractivity (Wildman–Crippen MR) is 40.0 cm³/mol. The van der Waals surface area contributed by atoms with E-state index in [1.807, 2.05) is 0 Å². The molecule has 2 atom stereocenters. The van der Waals surface area contributed by atoms with Crippen molar-refractivity contribution < 1.29 is 0 Å². The van der Waals surface area contributed by atoms with Gasteiger partial charge < -0.3 is 16.8 Å². The summed E-state index contributed by atoms with van der Waals surface area (Å²) in [6.45, 7) is 6.61. The van der Waals surface area contributed by atoms with Gasteiger partial charge in [-0.15, -0.1) is 0 Å². The van der Waals surface area contributed by atoms with Gasteiger partial charge in [0.2, 0.25) is 0 Å². The quantitative estimate of drug-likeness (QED) is 0.437. The van der Waals surface area contributed by atoms with E-state index in [1.165, 1.54) is 0 Å². The minimum atomic E-state index is 0. The molecule has 2 unspecified atom stereocenters. The predicted octanol–water partition coefficient (Wildman–Crippen LogP) is 0.118. The van der Waals surface area contributed by atoms with Crippen molar-refractivity contribution in [2.45, 2.75) is 25.9 Å². The molecule has 3 nitrogen and oxygen atoms in total. The summed E-state index contributed by atoms with van der Waals surface area (Å²) in [4.78, 5) is 0. The molecule has 1 fully saturated rings. The van der Waals surface area contributed by atoms with Gasteiger partial charge in [0.25, 0.3) is 0 Å². The van der Waals surface area contributed by atoms with Gasteiger partial charge in [-0.05, 0) is 13.8 Å². The van der Waals surface area contributed by atoms with Gasteiger partial charge in [-0.1, -0.05) is 0 Å². The third-order valence-electron chi connectivity index (χ3n) is 1.54. The van der Waals surface area contributed by atoms with Crippen LogP contribution in [-0.2, 0) is 0 Å². The average Bonchev–Trinajstić information content (AvgIpc) is 1.77. The van der Waals surface area contributed by atoms with Gasteiger partial charge in [-0.2, -0.15) is 0 Å². The van der Waals surface area contributed by atoms with E-state index in [-0.39, 0.29) is 6.15 Å². The zero-order valence-electron chi connectivity index (χ0n) is 6.28. The van der Waals surface area contributed by atoms with Crippen LogP contribution < -0.4 is 16.8 Å². The van der Waals surface area contributed by atoms with Crippen molar-refractivity contribution in [3.05, 3.63) is 0 Å². The molecule has 0 aromatic carbocycles. The van der Waals surface area contributed by atoms with Crippen molar-refractivity contribution in [1.82, 2.24) is 16.8 Å². The van der Waals surface area contributed by atoms with Crippen molar-refractivity contribution in [2.24, 2.45) is 0 Å². The summed E-state index contributed by atoms with van der Waals surface area (Å²) in [5.41, 5.74) is 0. The molecule has 56 valence electrons. The first-order chi connectivity index (χ1) is 3.79. The minimum absolute atomic E-state index is 0. The summed E-state index contributed by atoms with van der Waals surface area (Å²) in [7, 11) is 0. The third-order valence-corrected chi connectivity index (χ3v) is 1.54. The molecule has 0 bridgehead atoms. The molecular weight excluding hydrogens is 114 g/mol. The first-order valence-corrected chi connectivity index (χ1v) is 3.26. The number of nitrogens with one attached hydrogen (secondary N) is 2. The standard InChI is InChI=1S/C6H14N2.H3N/c1-5-3-8-6(2)4-7-5;/h5-8H,3-4H2,1-2H3;1H3. The molecule has 0 amide bonds. The molecular formula is C6H17N3. The summed E-state index contributed by atoms with van der Waals surface area (Å²) in [5.74, 6) is 0. The monoisotopic (exact) mass is 131 g/mol. The number of hydrogen-bond donors (Lipinski definition) is 3. The van der Waals surface area contributed by atoms with E-state index >= 15 is 0 Å². The minimum Gasteiger partial charge on any atom is -0.344 e. The van der Waals surface area contributed by atoms with Crippen molar-refractivity contribution >= 4 is 0 Å². The lowest BCUT2D eigenvalue weighted by molar-refractivity contribution is 0.376. The first-order valence-electron chi connectivity index (χ1n) is 3.26. The SMILES string of the molecule is CC1CNC(C)CN1.N. The molecule has 9 heavy (non-hydrogen) atoms. The Hall–Kier alpha value is -0.120. The maximum absolute atomic E-state index is 3.37. The Morgan fingerprint density at radius 3 is 1.56 bits per heavy atom. The summed E-state index contributed by atoms with van der Waals surface area (Å²) in [5, 5.41) is 6.74. The van der Waals surface area contributed by atoms with E-state index in [0.29, 0.717) is 12.1 Å². The highest BCUT2D eigenvalue weighted by atomic mass is 15.1. The molecule has 0 aromatic rings. The van der Waals surface area contributed by atoms with Crippen LogP contribution in [-0.4, -0.2) is 25.2 Å². The Morgan fingerprint density at radius 2 is 1.33 bits per heavy atom. The van der Waals surface area contributed by atoms with Crippen LogP contribution >= 0.6 is 0 Å². The fraction of sp³-hybridized carbons (Fsp3) is 1.00. The van der Waals surface area contributed by atoms with Gasteiger partial charge in [0.15, 0.2) is 0 Å². The van der Waals surface area contributed by atoms with E-state index in [4.69, 9.17) is 0 Å². The van der Waals surface area contributed by atoms with Gasteiger partial charge in [0, 0.05) is 25.2 Å². The lowest BCUT2D eigenvalue weighted by Crippen LogP contribution is -2.51. The molecule has 1 saturated heterocycles. The van der Waals surface area contributed by atoms with E-state index in [2.05, 4.69) is 24.5 Å². The van der Waals surface area contributed by atoms with Crippen LogP contribution in [0.3, 0.4) is 0 Å². The summed E-state index contributed by atoms with van der Waals surface area (Å²) in [6.07, 6.45) is 0. The maximum Gasteiger partial charge on any atom is 0.0164 e. The first kappa shape index (κ1) is 8.88. The molecule has 1 rings (SSSR count). The molecule has 0 aromatic heterocycles. The smallest absolute Gasteiger partial charge is 0.0164 e. The van der Waals surface area contributed by atoms with Gasteiger partial charge in [-0.25, -0.2) is 0 Å². The second-order valence-electron chi connectivity index (χ2n) is 2.62. The Balaban J connectivity index is 0.000000640. The largest absolute Gasteiger partial charge is 0.344 e. The number of piperazine rings is 1. The highest BCUT2D eigenvalue weighted by molar-refractivity contribution is 4.76. The van der Waals surface area contributed by atoms with Gasteiger partial charge in [-0.3, -0.25) is 0 Å². The molecule has 1 aliphatic rings. The van der Waals surface area contributed by atoms with Gasteiger partial charge >= 0.3 is 0 Å². The Kier molecular flexibility index (Phi) is 3.77. The Labute approximate surface area is 56.8 Å². The maximum atomic E-state index is 3.37. The summed E-state index contributed by atoms with van der Waals surface area (Å²) >= 11 is 0. The molecule has 5 N–H and O–H groups in total. The van der Waals surface area contributed by atoms with Crippen LogP contribution in [0.5, 0.6) is 0 Å². The van der Waals surface area contributed by atoms with E-state index < -0.39 is 0 Å². The van der Waals surface area contributed by atoms with Gasteiger partial charge in [0.05, 0.1) is 0 Å². The van der Waals surface area contributed by atoms with Crippen LogP contribution in [0.15, 0.2) is 0 Å². The normalized spacial score (nSPS) is 35.3. The average molecular weight is 131 g/mol. The van der Waals surface area contributed by atoms with E-state index in [9.17, 15) is 0 Å². The van der Waals surface area contributed by atoms with Crippen molar-refractivity contribution in [1.29, 1.82) is 0 Å². The fourth-order valence-corrected chi connectivity index (χ4v) is 0.900. The second kappa shape index (κ2) is 3.82. The Morgan fingerprint density at radius 1 is 1.00 bits per heavy atom. The fourth-order valence-electron chi connectivity index (χ4n) is 0.900. The van der Waals surface area contributed by atoms with Crippen molar-refractivity contribution in [2.75, 3.05) is 13.1 Å². The van der Waals surface area contributed by atoms with Crippen LogP contribution in [0.4, 0.5) is 0 Å². The van der Waals surface area contributed by atoms with Crippen LogP contribution in [0.1, 0.15) is 13.8 Å². The highest BCUT2D eigenvalue weighted by Gasteiger charge is 2.10. The van der Waals surface area contributed by atoms with Crippen molar-refractivity contribution in [3.8, 4) is 0 Å². The number of hydrogen-bond acceptors (Lipinski definition) is 3. The van der Waals surface area contributed by atoms with Crippen LogP contribution in [0.2, 0.25) is 0 Å². The topological polar surface area (TPSA) is 59.1 Å². The molecule has 0 radical (unpaired) electrons. The Bertz CT molecular complexity index is 56.7. The summed E-state index contributed by atoms with van der Waals surface area (Å²) in [6, 6.07) is 1.32. The molecule has 1 heterocycles. The van der Waals surface area contributed by atoms with E-state index in [0.717, 1.165) is 13.1 Å². The molecule has 1 aliphatic heterocycles. The van der Waals surface area contributed by atoms with Gasteiger partial charge in [0.1, 0.15) is 0 Å². The molecule has 0 saturated carbocycles. The number of rotatable bonds is 0. The van der Waals surface area contributed by atoms with Crippen LogP contribution in [0, 0.1) is 0 Å². The third kappa shape index (κ3) is 2.79. The zero-order chi connectivity index (χ0) is 5.98. The van der Waals surface area contributed by atoms with Crippen LogP contribution in [0.25, 0.3) is 0 Å². The lowest BCUT2D eigenvalue weighted by Gasteiger charge is -2.26.